The topological polar surface area (TPSA) is 44.8 Å². The normalized spacial score (nSPS) is 15.6. The summed E-state index contributed by atoms with van der Waals surface area (Å²) in [5, 5.41) is 2.90. The molecule has 1 amide bonds. The number of nitrogens with zero attached hydrogens (tertiary/aromatic N) is 2. The summed E-state index contributed by atoms with van der Waals surface area (Å²) in [4.78, 5) is 16.6. The molecule has 1 fully saturated rings. The van der Waals surface area contributed by atoms with Gasteiger partial charge in [0.15, 0.2) is 0 Å². The summed E-state index contributed by atoms with van der Waals surface area (Å²) in [6.45, 7) is 9.51. The number of carbonyl (C=O) groups excluding carboxylic acids is 1. The van der Waals surface area contributed by atoms with Crippen LogP contribution in [0, 0.1) is 6.92 Å². The summed E-state index contributed by atoms with van der Waals surface area (Å²) in [5.41, 5.74) is 2.67. The van der Waals surface area contributed by atoms with Crippen LogP contribution >= 0.6 is 0 Å². The average Bonchev–Trinajstić information content (AvgIpc) is 2.75. The van der Waals surface area contributed by atoms with E-state index in [1.807, 2.05) is 0 Å². The minimum absolute atomic E-state index is 0.0736. The van der Waals surface area contributed by atoms with Crippen molar-refractivity contribution in [3.63, 3.8) is 0 Å². The van der Waals surface area contributed by atoms with E-state index in [-0.39, 0.29) is 18.6 Å². The maximum Gasteiger partial charge on any atom is 0.246 e. The van der Waals surface area contributed by atoms with Crippen molar-refractivity contribution in [1.82, 2.24) is 15.1 Å². The summed E-state index contributed by atoms with van der Waals surface area (Å²) >= 11 is 0. The summed E-state index contributed by atoms with van der Waals surface area (Å²) < 4.78 is 5.02. The van der Waals surface area contributed by atoms with Crippen LogP contribution in [0.5, 0.6) is 0 Å². The molecular formula is C23H30N3O2. The Morgan fingerprint density at radius 1 is 0.964 bits per heavy atom. The average molecular weight is 381 g/mol. The van der Waals surface area contributed by atoms with Gasteiger partial charge < -0.3 is 10.1 Å². The van der Waals surface area contributed by atoms with Gasteiger partial charge in [0.1, 0.15) is 6.61 Å². The van der Waals surface area contributed by atoms with E-state index in [1.54, 1.807) is 0 Å². The van der Waals surface area contributed by atoms with Crippen LogP contribution in [-0.4, -0.2) is 68.2 Å². The molecule has 0 aromatic heterocycles. The molecule has 1 radical (unpaired) electrons. The van der Waals surface area contributed by atoms with Crippen molar-refractivity contribution in [2.24, 2.45) is 0 Å². The smallest absolute Gasteiger partial charge is 0.246 e. The first kappa shape index (κ1) is 20.5. The Morgan fingerprint density at radius 3 is 2.07 bits per heavy atom. The highest BCUT2D eigenvalue weighted by molar-refractivity contribution is 5.77. The van der Waals surface area contributed by atoms with Crippen LogP contribution in [-0.2, 0) is 9.53 Å². The molecule has 0 bridgehead atoms. The van der Waals surface area contributed by atoms with Gasteiger partial charge in [0.2, 0.25) is 5.91 Å². The zero-order valence-electron chi connectivity index (χ0n) is 16.4. The molecule has 2 aromatic carbocycles. The number of amides is 1. The lowest BCUT2D eigenvalue weighted by molar-refractivity contribution is -0.125. The highest BCUT2D eigenvalue weighted by Crippen LogP contribution is 2.29. The minimum atomic E-state index is -0.0736. The fourth-order valence-electron chi connectivity index (χ4n) is 3.70. The molecule has 1 saturated heterocycles. The van der Waals surface area contributed by atoms with Gasteiger partial charge in [-0.25, -0.2) is 0 Å². The minimum Gasteiger partial charge on any atom is -0.372 e. The second kappa shape index (κ2) is 11.0. The van der Waals surface area contributed by atoms with Crippen LogP contribution in [0.1, 0.15) is 17.2 Å². The van der Waals surface area contributed by atoms with E-state index in [1.165, 1.54) is 11.1 Å². The van der Waals surface area contributed by atoms with Gasteiger partial charge in [-0.3, -0.25) is 14.6 Å². The molecule has 149 valence electrons. The van der Waals surface area contributed by atoms with Gasteiger partial charge in [0.25, 0.3) is 0 Å². The van der Waals surface area contributed by atoms with Crippen LogP contribution < -0.4 is 5.32 Å². The molecular weight excluding hydrogens is 350 g/mol. The molecule has 0 spiro atoms. The van der Waals surface area contributed by atoms with E-state index in [0.717, 1.165) is 32.7 Å². The van der Waals surface area contributed by atoms with Crippen molar-refractivity contribution >= 4 is 5.91 Å². The first-order chi connectivity index (χ1) is 13.8. The Bertz CT molecular complexity index is 661. The molecule has 1 N–H and O–H groups in total. The molecule has 5 nitrogen and oxygen atoms in total. The first-order valence-electron chi connectivity index (χ1n) is 9.98. The molecule has 0 atom stereocenters. The Morgan fingerprint density at radius 2 is 1.54 bits per heavy atom. The molecule has 1 aliphatic rings. The quantitative estimate of drug-likeness (QED) is 0.725. The molecule has 28 heavy (non-hydrogen) atoms. The van der Waals surface area contributed by atoms with Crippen LogP contribution in [0.4, 0.5) is 0 Å². The van der Waals surface area contributed by atoms with Crippen molar-refractivity contribution < 1.29 is 9.53 Å². The molecule has 0 unspecified atom stereocenters. The zero-order valence-corrected chi connectivity index (χ0v) is 16.4. The highest BCUT2D eigenvalue weighted by Gasteiger charge is 2.26. The fourth-order valence-corrected chi connectivity index (χ4v) is 3.70. The third kappa shape index (κ3) is 5.89. The lowest BCUT2D eigenvalue weighted by Gasteiger charge is -2.39. The van der Waals surface area contributed by atoms with Crippen molar-refractivity contribution in [3.05, 3.63) is 78.7 Å². The number of ether oxygens (including phenoxy) is 1. The second-order valence-electron chi connectivity index (χ2n) is 7.00. The molecule has 5 heteroatoms. The number of piperazine rings is 1. The second-order valence-corrected chi connectivity index (χ2v) is 7.00. The summed E-state index contributed by atoms with van der Waals surface area (Å²) in [5.74, 6) is -0.0736. The molecule has 0 saturated carbocycles. The lowest BCUT2D eigenvalue weighted by atomic mass is 9.96. The third-order valence-electron chi connectivity index (χ3n) is 5.13. The standard InChI is InChI=1S/C23H30N3O2/c1-2-28-19-22(27)24-13-14-25-15-17-26(18-16-25)23(20-9-5-3-6-10-20)21-11-7-4-8-12-21/h3-12,23H,1-2,13-19H2,(H,24,27). The van der Waals surface area contributed by atoms with Crippen LogP contribution in [0.3, 0.4) is 0 Å². The molecule has 0 aliphatic carbocycles. The molecule has 1 aliphatic heterocycles. The van der Waals surface area contributed by atoms with E-state index in [0.29, 0.717) is 13.2 Å². The van der Waals surface area contributed by atoms with Gasteiger partial charge in [-0.2, -0.15) is 0 Å². The van der Waals surface area contributed by atoms with Crippen molar-refractivity contribution in [3.8, 4) is 0 Å². The summed E-state index contributed by atoms with van der Waals surface area (Å²) in [6.07, 6.45) is 0. The predicted octanol–water partition coefficient (Wildman–Crippen LogP) is 2.36. The van der Waals surface area contributed by atoms with Crippen LogP contribution in [0.15, 0.2) is 60.7 Å². The van der Waals surface area contributed by atoms with E-state index in [4.69, 9.17) is 4.74 Å². The number of benzene rings is 2. The van der Waals surface area contributed by atoms with Crippen molar-refractivity contribution in [2.45, 2.75) is 6.04 Å². The van der Waals surface area contributed by atoms with Crippen molar-refractivity contribution in [2.75, 3.05) is 52.5 Å². The monoisotopic (exact) mass is 380 g/mol. The van der Waals surface area contributed by atoms with Gasteiger partial charge in [-0.05, 0) is 18.1 Å². The van der Waals surface area contributed by atoms with Gasteiger partial charge in [0.05, 0.1) is 6.04 Å². The van der Waals surface area contributed by atoms with Crippen molar-refractivity contribution in [1.29, 1.82) is 0 Å². The maximum atomic E-state index is 11.6. The van der Waals surface area contributed by atoms with E-state index < -0.39 is 0 Å². The molecule has 3 rings (SSSR count). The van der Waals surface area contributed by atoms with E-state index >= 15 is 0 Å². The number of hydrogen-bond donors (Lipinski definition) is 1. The first-order valence-corrected chi connectivity index (χ1v) is 9.98. The fraction of sp³-hybridized carbons (Fsp3) is 0.391. The lowest BCUT2D eigenvalue weighted by Crippen LogP contribution is -2.49. The number of rotatable bonds is 9. The predicted molar refractivity (Wildman–Crippen MR) is 112 cm³/mol. The largest absolute Gasteiger partial charge is 0.372 e. The number of nitrogens with one attached hydrogen (secondary N) is 1. The molecule has 2 aromatic rings. The summed E-state index contributed by atoms with van der Waals surface area (Å²) in [7, 11) is 0. The number of hydrogen-bond acceptors (Lipinski definition) is 4. The maximum absolute atomic E-state index is 11.6. The van der Waals surface area contributed by atoms with Gasteiger partial charge in [-0.15, -0.1) is 0 Å². The molecule has 1 heterocycles. The Labute approximate surface area is 168 Å². The van der Waals surface area contributed by atoms with Gasteiger partial charge in [-0.1, -0.05) is 60.7 Å². The third-order valence-corrected chi connectivity index (χ3v) is 5.13. The van der Waals surface area contributed by atoms with Crippen LogP contribution in [0.25, 0.3) is 0 Å². The SMILES string of the molecule is [CH2]COCC(=O)NCCN1CCN(C(c2ccccc2)c2ccccc2)CC1. The van der Waals surface area contributed by atoms with Gasteiger partial charge in [0, 0.05) is 45.9 Å². The zero-order chi connectivity index (χ0) is 19.6. The Kier molecular flexibility index (Phi) is 8.03. The van der Waals surface area contributed by atoms with Gasteiger partial charge >= 0.3 is 0 Å². The Balaban J connectivity index is 1.54. The van der Waals surface area contributed by atoms with Crippen LogP contribution in [0.2, 0.25) is 0 Å². The van der Waals surface area contributed by atoms with E-state index in [2.05, 4.69) is 82.7 Å². The van der Waals surface area contributed by atoms with E-state index in [9.17, 15) is 4.79 Å². The Hall–Kier alpha value is -2.21. The highest BCUT2D eigenvalue weighted by atomic mass is 16.5. The summed E-state index contributed by atoms with van der Waals surface area (Å²) in [6, 6.07) is 21.7. The number of carbonyl (C=O) groups is 1.